The average Bonchev–Trinajstić information content (AvgIpc) is 1.00. The molecule has 0 spiro atoms. The van der Waals surface area contributed by atoms with Crippen LogP contribution in [0, 0.1) is 35.6 Å². The predicted molar refractivity (Wildman–Crippen MR) is 9.23 cm³/mol. The van der Waals surface area contributed by atoms with E-state index in [1.807, 2.05) is 0 Å². The third-order valence-electron chi connectivity index (χ3n) is 0. The van der Waals surface area contributed by atoms with Crippen molar-refractivity contribution >= 4 is 45.5 Å². The molecule has 1 nitrogen and oxygen atoms in total. The van der Waals surface area contributed by atoms with Crippen molar-refractivity contribution in [3.63, 3.8) is 0 Å². The molecule has 0 N–H and O–H groups in total. The maximum absolute atomic E-state index is 8.38. The molecule has 0 aromatic heterocycles. The second kappa shape index (κ2) is 25.5. The Kier molecular flexibility index (Phi) is 120. The molecule has 0 aliphatic heterocycles. The van der Waals surface area contributed by atoms with Gasteiger partial charge in [0.15, 0.2) is 0 Å². The van der Waals surface area contributed by atoms with Crippen LogP contribution < -0.4 is 0 Å². The fourth-order valence-corrected chi connectivity index (χ4v) is 0. The Hall–Kier alpha value is 3.62. The van der Waals surface area contributed by atoms with Crippen LogP contribution in [-0.4, -0.2) is 45.5 Å². The zero-order valence-electron chi connectivity index (χ0n) is 2.07. The fraction of sp³-hybridized carbons (Fsp3) is 0. The van der Waals surface area contributed by atoms with Gasteiger partial charge in [0.1, 0.15) is 0 Å². The quantitative estimate of drug-likeness (QED) is 0.502. The molecule has 0 unspecified atom stereocenters. The summed E-state index contributed by atoms with van der Waals surface area (Å²) in [5.41, 5.74) is 0. The molecule has 0 aliphatic rings. The second-order valence-electron chi connectivity index (χ2n) is 0. The van der Waals surface area contributed by atoms with Crippen LogP contribution >= 0.6 is 0 Å². The third-order valence-corrected chi connectivity index (χ3v) is 0. The van der Waals surface area contributed by atoms with Crippen LogP contribution in [0.1, 0.15) is 0 Å². The number of hydrogen-bond acceptors (Lipinski definition) is 1. The van der Waals surface area contributed by atoms with Crippen molar-refractivity contribution in [1.29, 1.82) is 0 Å². The van der Waals surface area contributed by atoms with Crippen LogP contribution in [0.15, 0.2) is 0 Å². The topological polar surface area (TPSA) is 17.1 Å². The summed E-state index contributed by atoms with van der Waals surface area (Å²) in [7, 11) is 0. The Bertz CT molecular complexity index is 11.6. The molecule has 0 rings (SSSR count). The molecule has 0 aliphatic carbocycles. The summed E-state index contributed by atoms with van der Waals surface area (Å²) in [6.45, 7) is 0. The van der Waals surface area contributed by atoms with Crippen LogP contribution in [-0.2, 0) is 38.9 Å². The Labute approximate surface area is 117 Å². The molecule has 22 valence electrons. The molecule has 0 heterocycles. The predicted octanol–water partition coefficient (Wildman–Crippen LogP) is -1.04. The van der Waals surface area contributed by atoms with Crippen molar-refractivity contribution in [2.75, 3.05) is 0 Å². The summed E-state index contributed by atoms with van der Waals surface area (Å²) in [6, 6.07) is 0. The van der Waals surface area contributed by atoms with E-state index in [1.54, 1.807) is 0 Å². The van der Waals surface area contributed by atoms with Gasteiger partial charge in [-0.15, -0.1) is 0 Å². The van der Waals surface area contributed by atoms with E-state index >= 15 is 0 Å². The molecular weight excluding hydrogens is 363 g/mol. The van der Waals surface area contributed by atoms with E-state index < -0.39 is 0 Å². The van der Waals surface area contributed by atoms with Gasteiger partial charge in [-0.3, -0.25) is 0 Å². The minimum atomic E-state index is 0. The Morgan fingerprint density at radius 2 is 1.20 bits per heavy atom. The molecule has 2 radical (unpaired) electrons. The van der Waals surface area contributed by atoms with Gasteiger partial charge in [0.2, 0.25) is 0 Å². The molecule has 0 saturated carbocycles. The molecule has 0 fully saturated rings. The van der Waals surface area contributed by atoms with Crippen molar-refractivity contribution in [3.8, 4) is 0 Å². The van der Waals surface area contributed by atoms with E-state index in [9.17, 15) is 0 Å². The van der Waals surface area contributed by atoms with Crippen molar-refractivity contribution in [3.05, 3.63) is 0 Å². The molecular formula is H2LaMnOSrZn. The van der Waals surface area contributed by atoms with Gasteiger partial charge in [0, 0.05) is 52.7 Å². The Morgan fingerprint density at radius 1 is 1.20 bits per heavy atom. The molecule has 5 heteroatoms. The number of rotatable bonds is 0. The summed E-state index contributed by atoms with van der Waals surface area (Å²) in [4.78, 5) is 0. The van der Waals surface area contributed by atoms with E-state index in [4.69, 9.17) is 3.57 Å². The first-order valence-electron chi connectivity index (χ1n) is 0.289. The van der Waals surface area contributed by atoms with E-state index in [0.29, 0.717) is 0 Å². The summed E-state index contributed by atoms with van der Waals surface area (Å²) in [5, 5.41) is 0. The second-order valence-corrected chi connectivity index (χ2v) is 0. The normalized spacial score (nSPS) is 1.20. The maximum atomic E-state index is 8.38. The summed E-state index contributed by atoms with van der Waals surface area (Å²) < 4.78 is 8.38. The van der Waals surface area contributed by atoms with Crippen LogP contribution in [0.3, 0.4) is 0 Å². The first-order valence-corrected chi connectivity index (χ1v) is 1.50. The Balaban J connectivity index is -0.00000000167. The van der Waals surface area contributed by atoms with Gasteiger partial charge < -0.3 is 0 Å². The average molecular weight is 365 g/mol. The molecule has 0 amide bonds. The van der Waals surface area contributed by atoms with Gasteiger partial charge in [-0.2, -0.15) is 0 Å². The number of hydrogen-bond donors (Lipinski definition) is 0. The van der Waals surface area contributed by atoms with E-state index in [1.165, 1.54) is 0 Å². The third kappa shape index (κ3) is 18.4. The van der Waals surface area contributed by atoms with Crippen molar-refractivity contribution < 1.29 is 74.5 Å². The standard InChI is InChI=1S/La.Mn.O.Sr.Zn.2H. The fourth-order valence-electron chi connectivity index (χ4n) is 0. The van der Waals surface area contributed by atoms with Gasteiger partial charge >= 0.3 is 67.3 Å². The van der Waals surface area contributed by atoms with Crippen LogP contribution in [0.4, 0.5) is 0 Å². The van der Waals surface area contributed by atoms with Gasteiger partial charge in [0.05, 0.1) is 0 Å². The summed E-state index contributed by atoms with van der Waals surface area (Å²) >= 11 is 0.125. The molecule has 0 saturated heterocycles. The van der Waals surface area contributed by atoms with Crippen LogP contribution in [0.25, 0.3) is 0 Å². The van der Waals surface area contributed by atoms with E-state index in [-0.39, 0.29) is 116 Å². The van der Waals surface area contributed by atoms with Gasteiger partial charge in [-0.05, 0) is 0 Å². The van der Waals surface area contributed by atoms with Crippen LogP contribution in [0.2, 0.25) is 0 Å². The van der Waals surface area contributed by atoms with E-state index in [2.05, 4.69) is 0 Å². The Morgan fingerprint density at radius 3 is 1.20 bits per heavy atom. The summed E-state index contributed by atoms with van der Waals surface area (Å²) in [6.07, 6.45) is 0. The van der Waals surface area contributed by atoms with Gasteiger partial charge in [-0.1, -0.05) is 0 Å². The zero-order chi connectivity index (χ0) is 2.00. The van der Waals surface area contributed by atoms with E-state index in [0.717, 1.165) is 0 Å². The molecule has 0 bridgehead atoms. The van der Waals surface area contributed by atoms with Gasteiger partial charge in [0.25, 0.3) is 0 Å². The molecule has 0 aromatic carbocycles. The monoisotopic (exact) mass is 364 g/mol. The van der Waals surface area contributed by atoms with Crippen molar-refractivity contribution in [1.82, 2.24) is 0 Å². The molecule has 0 aromatic rings. The zero-order valence-corrected chi connectivity index (χ0v) is 9.84. The van der Waals surface area contributed by atoms with Crippen molar-refractivity contribution in [2.24, 2.45) is 0 Å². The minimum absolute atomic E-state index is 0. The summed E-state index contributed by atoms with van der Waals surface area (Å²) in [5.74, 6) is 0. The van der Waals surface area contributed by atoms with Gasteiger partial charge in [-0.25, -0.2) is 0 Å². The van der Waals surface area contributed by atoms with Crippen molar-refractivity contribution in [2.45, 2.75) is 0 Å². The molecule has 0 atom stereocenters. The van der Waals surface area contributed by atoms with Crippen LogP contribution in [0.5, 0.6) is 0 Å². The SMILES string of the molecule is [La].[Mn].[O]=[Zn].[SrH2]. The first kappa shape index (κ1) is 23.5. The molecule has 5 heavy (non-hydrogen) atoms. The first-order chi connectivity index (χ1) is 1.00.